The Bertz CT molecular complexity index is 908. The van der Waals surface area contributed by atoms with E-state index in [0.29, 0.717) is 12.1 Å². The van der Waals surface area contributed by atoms with Crippen LogP contribution in [-0.4, -0.2) is 26.6 Å². The third-order valence-corrected chi connectivity index (χ3v) is 6.01. The van der Waals surface area contributed by atoms with E-state index in [2.05, 4.69) is 12.2 Å². The summed E-state index contributed by atoms with van der Waals surface area (Å²) in [5.74, 6) is -0.304. The summed E-state index contributed by atoms with van der Waals surface area (Å²) in [5.41, 5.74) is 3.66. The van der Waals surface area contributed by atoms with Gasteiger partial charge in [-0.05, 0) is 55.5 Å². The molecule has 1 N–H and O–H groups in total. The Hall–Kier alpha value is -2.34. The van der Waals surface area contributed by atoms with Gasteiger partial charge >= 0.3 is 0 Å². The molecule has 0 aliphatic carbocycles. The molecule has 5 nitrogen and oxygen atoms in total. The molecule has 0 unspecified atom stereocenters. The van der Waals surface area contributed by atoms with Gasteiger partial charge in [0.2, 0.25) is 15.9 Å². The van der Waals surface area contributed by atoms with E-state index in [1.807, 2.05) is 51.1 Å². The van der Waals surface area contributed by atoms with Crippen LogP contribution in [0.5, 0.6) is 0 Å². The van der Waals surface area contributed by atoms with E-state index >= 15 is 0 Å². The van der Waals surface area contributed by atoms with Crippen LogP contribution in [0.15, 0.2) is 48.5 Å². The Kier molecular flexibility index (Phi) is 7.24. The number of sulfonamides is 1. The van der Waals surface area contributed by atoms with E-state index in [1.54, 1.807) is 18.2 Å². The first-order valence-electron chi connectivity index (χ1n) is 9.62. The molecule has 0 heterocycles. The second-order valence-corrected chi connectivity index (χ2v) is 9.01. The maximum atomic E-state index is 13.0. The smallest absolute Gasteiger partial charge is 0.244 e. The van der Waals surface area contributed by atoms with Gasteiger partial charge in [0.05, 0.1) is 18.0 Å². The third-order valence-electron chi connectivity index (χ3n) is 4.83. The number of hydrogen-bond donors (Lipinski definition) is 1. The number of benzene rings is 2. The normalized spacial score (nSPS) is 13.6. The molecule has 2 aromatic carbocycles. The van der Waals surface area contributed by atoms with Gasteiger partial charge in [0, 0.05) is 0 Å². The predicted octanol–water partition coefficient (Wildman–Crippen LogP) is 3.98. The Morgan fingerprint density at radius 3 is 2.25 bits per heavy atom. The summed E-state index contributed by atoms with van der Waals surface area (Å²) in [4.78, 5) is 13.0. The number of hydrogen-bond acceptors (Lipinski definition) is 3. The average Bonchev–Trinajstić information content (AvgIpc) is 2.64. The average molecular weight is 403 g/mol. The van der Waals surface area contributed by atoms with E-state index < -0.39 is 16.1 Å². The lowest BCUT2D eigenvalue weighted by molar-refractivity contribution is -0.122. The minimum Gasteiger partial charge on any atom is -0.348 e. The highest BCUT2D eigenvalue weighted by Crippen LogP contribution is 2.24. The second-order valence-electron chi connectivity index (χ2n) is 7.15. The standard InChI is InChI=1S/C22H30N2O3S/c1-6-18-11-13-19(14-12-18)17(4)23-22(25)21(7-2)24(28(5,26)27)20-10-8-9-16(3)15-20/h8-15,17,21H,6-7H2,1-5H3,(H,23,25)/t17-,21+/m0/s1. The molecule has 1 amide bonds. The fraction of sp³-hybridized carbons (Fsp3) is 0.409. The highest BCUT2D eigenvalue weighted by Gasteiger charge is 2.32. The van der Waals surface area contributed by atoms with Crippen molar-refractivity contribution < 1.29 is 13.2 Å². The molecule has 0 spiro atoms. The van der Waals surface area contributed by atoms with E-state index in [4.69, 9.17) is 0 Å². The van der Waals surface area contributed by atoms with Crippen LogP contribution in [0.3, 0.4) is 0 Å². The number of amides is 1. The van der Waals surface area contributed by atoms with Crippen LogP contribution in [0.1, 0.15) is 49.9 Å². The minimum absolute atomic E-state index is 0.216. The van der Waals surface area contributed by atoms with Crippen molar-refractivity contribution >= 4 is 21.6 Å². The SMILES string of the molecule is CCc1ccc([C@H](C)NC(=O)[C@@H](CC)N(c2cccc(C)c2)S(C)(=O)=O)cc1. The number of carbonyl (C=O) groups excluding carboxylic acids is 1. The molecule has 0 aliphatic heterocycles. The molecule has 152 valence electrons. The maximum absolute atomic E-state index is 13.0. The van der Waals surface area contributed by atoms with Crippen molar-refractivity contribution in [3.05, 3.63) is 65.2 Å². The van der Waals surface area contributed by atoms with Crippen LogP contribution in [0, 0.1) is 6.92 Å². The van der Waals surface area contributed by atoms with Gasteiger partial charge in [-0.3, -0.25) is 9.10 Å². The largest absolute Gasteiger partial charge is 0.348 e. The number of aryl methyl sites for hydroxylation is 2. The number of anilines is 1. The summed E-state index contributed by atoms with van der Waals surface area (Å²) in [6.07, 6.45) is 2.46. The van der Waals surface area contributed by atoms with Crippen LogP contribution in [-0.2, 0) is 21.2 Å². The summed E-state index contributed by atoms with van der Waals surface area (Å²) in [6, 6.07) is 14.3. The molecule has 0 bridgehead atoms. The van der Waals surface area contributed by atoms with E-state index in [1.165, 1.54) is 9.87 Å². The first-order chi connectivity index (χ1) is 13.2. The van der Waals surface area contributed by atoms with Gasteiger partial charge in [-0.2, -0.15) is 0 Å². The Morgan fingerprint density at radius 1 is 1.11 bits per heavy atom. The minimum atomic E-state index is -3.63. The van der Waals surface area contributed by atoms with E-state index in [0.717, 1.165) is 23.8 Å². The van der Waals surface area contributed by atoms with Crippen molar-refractivity contribution in [2.45, 2.75) is 52.6 Å². The summed E-state index contributed by atoms with van der Waals surface area (Å²) in [6.45, 7) is 7.71. The Morgan fingerprint density at radius 2 is 1.75 bits per heavy atom. The highest BCUT2D eigenvalue weighted by molar-refractivity contribution is 7.92. The molecule has 0 fully saturated rings. The molecule has 0 saturated carbocycles. The zero-order chi connectivity index (χ0) is 20.9. The maximum Gasteiger partial charge on any atom is 0.244 e. The zero-order valence-electron chi connectivity index (χ0n) is 17.3. The lowest BCUT2D eigenvalue weighted by atomic mass is 10.0. The molecule has 28 heavy (non-hydrogen) atoms. The molecule has 2 aromatic rings. The molecule has 2 rings (SSSR count). The van der Waals surface area contributed by atoms with Crippen LogP contribution >= 0.6 is 0 Å². The topological polar surface area (TPSA) is 66.5 Å². The van der Waals surface area contributed by atoms with Crippen molar-refractivity contribution in [3.8, 4) is 0 Å². The van der Waals surface area contributed by atoms with Gasteiger partial charge in [-0.25, -0.2) is 8.42 Å². The quantitative estimate of drug-likeness (QED) is 0.726. The van der Waals surface area contributed by atoms with Crippen molar-refractivity contribution in [2.24, 2.45) is 0 Å². The Balaban J connectivity index is 2.28. The van der Waals surface area contributed by atoms with Gasteiger partial charge < -0.3 is 5.32 Å². The van der Waals surface area contributed by atoms with E-state index in [-0.39, 0.29) is 11.9 Å². The number of nitrogens with one attached hydrogen (secondary N) is 1. The molecular formula is C22H30N2O3S. The van der Waals surface area contributed by atoms with Crippen molar-refractivity contribution in [1.29, 1.82) is 0 Å². The molecule has 0 aromatic heterocycles. The van der Waals surface area contributed by atoms with Crippen LogP contribution in [0.25, 0.3) is 0 Å². The first-order valence-corrected chi connectivity index (χ1v) is 11.5. The van der Waals surface area contributed by atoms with Crippen molar-refractivity contribution in [3.63, 3.8) is 0 Å². The van der Waals surface area contributed by atoms with Gasteiger partial charge in [0.25, 0.3) is 0 Å². The molecule has 2 atom stereocenters. The van der Waals surface area contributed by atoms with Crippen LogP contribution < -0.4 is 9.62 Å². The van der Waals surface area contributed by atoms with Gasteiger partial charge in [0.1, 0.15) is 6.04 Å². The fourth-order valence-corrected chi connectivity index (χ4v) is 4.46. The summed E-state index contributed by atoms with van der Waals surface area (Å²) < 4.78 is 26.3. The van der Waals surface area contributed by atoms with Crippen molar-refractivity contribution in [1.82, 2.24) is 5.32 Å². The van der Waals surface area contributed by atoms with Gasteiger partial charge in [-0.15, -0.1) is 0 Å². The van der Waals surface area contributed by atoms with Crippen LogP contribution in [0.2, 0.25) is 0 Å². The van der Waals surface area contributed by atoms with Gasteiger partial charge in [-0.1, -0.05) is 50.2 Å². The van der Waals surface area contributed by atoms with E-state index in [9.17, 15) is 13.2 Å². The molecule has 6 heteroatoms. The molecule has 0 radical (unpaired) electrons. The van der Waals surface area contributed by atoms with Gasteiger partial charge in [0.15, 0.2) is 0 Å². The lowest BCUT2D eigenvalue weighted by Gasteiger charge is -2.31. The second kappa shape index (κ2) is 9.24. The fourth-order valence-electron chi connectivity index (χ4n) is 3.26. The summed E-state index contributed by atoms with van der Waals surface area (Å²) in [7, 11) is -3.63. The third kappa shape index (κ3) is 5.35. The lowest BCUT2D eigenvalue weighted by Crippen LogP contribution is -2.49. The number of rotatable bonds is 8. The number of carbonyl (C=O) groups is 1. The summed E-state index contributed by atoms with van der Waals surface area (Å²) >= 11 is 0. The Labute approximate surface area is 168 Å². The molecule has 0 saturated heterocycles. The molecule has 0 aliphatic rings. The number of nitrogens with zero attached hydrogens (tertiary/aromatic N) is 1. The predicted molar refractivity (Wildman–Crippen MR) is 115 cm³/mol. The monoisotopic (exact) mass is 402 g/mol. The first kappa shape index (κ1) is 22.0. The van der Waals surface area contributed by atoms with Crippen LogP contribution in [0.4, 0.5) is 5.69 Å². The highest BCUT2D eigenvalue weighted by atomic mass is 32.2. The zero-order valence-corrected chi connectivity index (χ0v) is 18.1. The molecular weight excluding hydrogens is 372 g/mol. The summed E-state index contributed by atoms with van der Waals surface area (Å²) in [5, 5.41) is 2.98. The van der Waals surface area contributed by atoms with Crippen molar-refractivity contribution in [2.75, 3.05) is 10.6 Å².